The maximum absolute atomic E-state index is 6.95. The molecule has 1 rings (SSSR count). The molecule has 0 radical (unpaired) electrons. The lowest BCUT2D eigenvalue weighted by Gasteiger charge is -2.26. The third-order valence-electron chi connectivity index (χ3n) is 3.85. The second kappa shape index (κ2) is 11.1. The van der Waals surface area contributed by atoms with Crippen LogP contribution in [0.25, 0.3) is 0 Å². The molecule has 0 spiro atoms. The summed E-state index contributed by atoms with van der Waals surface area (Å²) in [5, 5.41) is 0. The topological polar surface area (TPSA) is 9.23 Å². The Kier molecular flexibility index (Phi) is 9.86. The summed E-state index contributed by atoms with van der Waals surface area (Å²) in [7, 11) is -2.12. The molecule has 0 N–H and O–H groups in total. The largest absolute Gasteiger partial charge is 0.529 e. The van der Waals surface area contributed by atoms with Gasteiger partial charge in [-0.2, -0.15) is 0 Å². The first kappa shape index (κ1) is 18.6. The zero-order valence-corrected chi connectivity index (χ0v) is 15.5. The van der Waals surface area contributed by atoms with Gasteiger partial charge in [0.15, 0.2) is 0 Å². The van der Waals surface area contributed by atoms with Gasteiger partial charge >= 0.3 is 7.63 Å². The van der Waals surface area contributed by atoms with Crippen LogP contribution < -0.4 is 4.43 Å². The molecule has 0 heterocycles. The summed E-state index contributed by atoms with van der Waals surface area (Å²) >= 11 is 6.95. The first-order chi connectivity index (χ1) is 10.2. The molecule has 1 aromatic carbocycles. The molecule has 21 heavy (non-hydrogen) atoms. The molecule has 0 bridgehead atoms. The van der Waals surface area contributed by atoms with Gasteiger partial charge in [0.1, 0.15) is 5.75 Å². The van der Waals surface area contributed by atoms with E-state index in [-0.39, 0.29) is 0 Å². The maximum Gasteiger partial charge on any atom is 0.347 e. The molecule has 1 aromatic rings. The Balaban J connectivity index is 2.50. The van der Waals surface area contributed by atoms with Crippen molar-refractivity contribution in [3.63, 3.8) is 0 Å². The number of unbranched alkanes of at least 4 members (excludes halogenated alkanes) is 6. The fourth-order valence-corrected chi connectivity index (χ4v) is 6.20. The van der Waals surface area contributed by atoms with Crippen molar-refractivity contribution < 1.29 is 4.43 Å². The van der Waals surface area contributed by atoms with Gasteiger partial charge in [0.05, 0.1) is 0 Å². The molecule has 0 saturated carbocycles. The van der Waals surface area contributed by atoms with Crippen LogP contribution in [0, 0.1) is 0 Å². The van der Waals surface area contributed by atoms with Gasteiger partial charge in [0, 0.05) is 0 Å². The van der Waals surface area contributed by atoms with Crippen molar-refractivity contribution in [3.8, 4) is 5.75 Å². The SMILES string of the molecule is CCCCCC[Si](Cl)(CCCCCC)Oc1ccccc1. The Morgan fingerprint density at radius 2 is 1.33 bits per heavy atom. The number of hydrogen-bond donors (Lipinski definition) is 0. The van der Waals surface area contributed by atoms with E-state index in [2.05, 4.69) is 13.8 Å². The van der Waals surface area contributed by atoms with Crippen LogP contribution >= 0.6 is 11.1 Å². The Labute approximate surface area is 136 Å². The molecule has 0 aliphatic rings. The number of halogens is 1. The molecular formula is C18H31ClOSi. The van der Waals surface area contributed by atoms with E-state index in [1.807, 2.05) is 30.3 Å². The Morgan fingerprint density at radius 1 is 0.810 bits per heavy atom. The van der Waals surface area contributed by atoms with E-state index < -0.39 is 7.63 Å². The van der Waals surface area contributed by atoms with Crippen molar-refractivity contribution >= 4 is 18.7 Å². The Hall–Kier alpha value is -0.473. The molecule has 0 saturated heterocycles. The van der Waals surface area contributed by atoms with Gasteiger partial charge in [0.25, 0.3) is 0 Å². The van der Waals surface area contributed by atoms with Gasteiger partial charge in [-0.25, -0.2) is 0 Å². The normalized spacial score (nSPS) is 11.6. The number of hydrogen-bond acceptors (Lipinski definition) is 1. The van der Waals surface area contributed by atoms with Crippen molar-refractivity contribution in [2.45, 2.75) is 77.3 Å². The van der Waals surface area contributed by atoms with Gasteiger partial charge < -0.3 is 4.43 Å². The standard InChI is InChI=1S/C18H31ClOSi/c1-3-5-7-12-16-21(19,17-13-8-6-4-2)20-18-14-10-9-11-15-18/h9-11,14-15H,3-8,12-13,16-17H2,1-2H3. The van der Waals surface area contributed by atoms with Crippen LogP contribution in [-0.4, -0.2) is 7.63 Å². The minimum atomic E-state index is -2.12. The van der Waals surface area contributed by atoms with Crippen molar-refractivity contribution in [1.82, 2.24) is 0 Å². The summed E-state index contributed by atoms with van der Waals surface area (Å²) in [5.41, 5.74) is 0. The molecule has 1 nitrogen and oxygen atoms in total. The summed E-state index contributed by atoms with van der Waals surface area (Å²) in [5.74, 6) is 0.949. The van der Waals surface area contributed by atoms with Crippen LogP contribution in [0.4, 0.5) is 0 Å². The molecule has 0 amide bonds. The van der Waals surface area contributed by atoms with E-state index in [1.54, 1.807) is 0 Å². The summed E-state index contributed by atoms with van der Waals surface area (Å²) in [4.78, 5) is 0. The highest BCUT2D eigenvalue weighted by molar-refractivity contribution is 7.17. The average Bonchev–Trinajstić information content (AvgIpc) is 2.49. The highest BCUT2D eigenvalue weighted by Crippen LogP contribution is 2.30. The lowest BCUT2D eigenvalue weighted by atomic mass is 10.2. The average molecular weight is 327 g/mol. The molecular weight excluding hydrogens is 296 g/mol. The smallest absolute Gasteiger partial charge is 0.347 e. The molecule has 0 aromatic heterocycles. The molecule has 0 aliphatic heterocycles. The van der Waals surface area contributed by atoms with Crippen molar-refractivity contribution in [3.05, 3.63) is 30.3 Å². The van der Waals surface area contributed by atoms with Gasteiger partial charge in [0.2, 0.25) is 0 Å². The zero-order chi connectivity index (χ0) is 15.4. The van der Waals surface area contributed by atoms with Crippen LogP contribution in [0.5, 0.6) is 5.75 Å². The highest BCUT2D eigenvalue weighted by Gasteiger charge is 2.33. The molecule has 0 fully saturated rings. The summed E-state index contributed by atoms with van der Waals surface area (Å²) in [6, 6.07) is 12.3. The molecule has 3 heteroatoms. The monoisotopic (exact) mass is 326 g/mol. The first-order valence-corrected chi connectivity index (χ1v) is 12.0. The van der Waals surface area contributed by atoms with Gasteiger partial charge in [-0.1, -0.05) is 83.4 Å². The Morgan fingerprint density at radius 3 is 1.81 bits per heavy atom. The van der Waals surface area contributed by atoms with E-state index in [4.69, 9.17) is 15.5 Å². The first-order valence-electron chi connectivity index (χ1n) is 8.63. The lowest BCUT2D eigenvalue weighted by molar-refractivity contribution is 0.535. The third-order valence-corrected chi connectivity index (χ3v) is 8.02. The highest BCUT2D eigenvalue weighted by atomic mass is 35.6. The quantitative estimate of drug-likeness (QED) is 0.230. The van der Waals surface area contributed by atoms with Crippen LogP contribution in [0.3, 0.4) is 0 Å². The van der Waals surface area contributed by atoms with Gasteiger partial charge in [-0.3, -0.25) is 0 Å². The van der Waals surface area contributed by atoms with Gasteiger partial charge in [-0.05, 0) is 24.2 Å². The number of rotatable bonds is 12. The molecule has 0 aliphatic carbocycles. The van der Waals surface area contributed by atoms with E-state index in [9.17, 15) is 0 Å². The van der Waals surface area contributed by atoms with Crippen molar-refractivity contribution in [2.24, 2.45) is 0 Å². The number of para-hydroxylation sites is 1. The summed E-state index contributed by atoms with van der Waals surface area (Å²) in [6.45, 7) is 4.49. The fourth-order valence-electron chi connectivity index (χ4n) is 2.56. The predicted molar refractivity (Wildman–Crippen MR) is 96.6 cm³/mol. The zero-order valence-electron chi connectivity index (χ0n) is 13.7. The van der Waals surface area contributed by atoms with Crippen molar-refractivity contribution in [2.75, 3.05) is 0 Å². The van der Waals surface area contributed by atoms with E-state index in [1.165, 1.54) is 51.4 Å². The van der Waals surface area contributed by atoms with E-state index in [0.29, 0.717) is 0 Å². The minimum Gasteiger partial charge on any atom is -0.529 e. The number of benzene rings is 1. The van der Waals surface area contributed by atoms with E-state index in [0.717, 1.165) is 17.8 Å². The van der Waals surface area contributed by atoms with Gasteiger partial charge in [-0.15, -0.1) is 11.1 Å². The minimum absolute atomic E-state index is 0.949. The molecule has 120 valence electrons. The predicted octanol–water partition coefficient (Wildman–Crippen LogP) is 6.91. The van der Waals surface area contributed by atoms with Crippen LogP contribution in [0.1, 0.15) is 65.2 Å². The van der Waals surface area contributed by atoms with Crippen LogP contribution in [0.15, 0.2) is 30.3 Å². The summed E-state index contributed by atoms with van der Waals surface area (Å²) in [6.07, 6.45) is 10.1. The van der Waals surface area contributed by atoms with E-state index >= 15 is 0 Å². The second-order valence-corrected chi connectivity index (χ2v) is 11.0. The fraction of sp³-hybridized carbons (Fsp3) is 0.667. The second-order valence-electron chi connectivity index (χ2n) is 5.92. The molecule has 0 unspecified atom stereocenters. The lowest BCUT2D eigenvalue weighted by Crippen LogP contribution is -2.35. The third kappa shape index (κ3) is 8.52. The summed E-state index contributed by atoms with van der Waals surface area (Å²) < 4.78 is 6.27. The maximum atomic E-state index is 6.95. The Bertz CT molecular complexity index is 343. The van der Waals surface area contributed by atoms with Crippen LogP contribution in [-0.2, 0) is 0 Å². The molecule has 0 atom stereocenters. The van der Waals surface area contributed by atoms with Crippen molar-refractivity contribution in [1.29, 1.82) is 0 Å². The van der Waals surface area contributed by atoms with Crippen LogP contribution in [0.2, 0.25) is 12.1 Å².